The summed E-state index contributed by atoms with van der Waals surface area (Å²) in [6.07, 6.45) is 2.48. The number of rotatable bonds is 6. The molecule has 1 aromatic rings. The number of ketones is 1. The Kier molecular flexibility index (Phi) is 3.62. The molecule has 1 fully saturated rings. The minimum Gasteiger partial charge on any atom is -0.370 e. The Bertz CT molecular complexity index is 408. The monoisotopic (exact) mass is 236 g/mol. The lowest BCUT2D eigenvalue weighted by molar-refractivity contribution is -0.131. The molecule has 0 bridgehead atoms. The van der Waals surface area contributed by atoms with Crippen LogP contribution in [0.4, 0.5) is 0 Å². The van der Waals surface area contributed by atoms with E-state index in [-0.39, 0.29) is 11.9 Å². The quantitative estimate of drug-likeness (QED) is 0.754. The number of ether oxygens (including phenoxy) is 1. The number of aromatic nitrogens is 2. The molecule has 1 atom stereocenters. The molecule has 4 nitrogen and oxygen atoms in total. The third kappa shape index (κ3) is 2.94. The van der Waals surface area contributed by atoms with Gasteiger partial charge in [0.2, 0.25) is 0 Å². The number of aryl methyl sites for hydroxylation is 2. The van der Waals surface area contributed by atoms with Gasteiger partial charge in [-0.25, -0.2) is 0 Å². The number of hydrogen-bond donors (Lipinski definition) is 0. The molecule has 1 aromatic heterocycles. The molecule has 4 heteroatoms. The Morgan fingerprint density at radius 1 is 1.65 bits per heavy atom. The van der Waals surface area contributed by atoms with E-state index in [1.807, 2.05) is 27.0 Å². The predicted molar refractivity (Wildman–Crippen MR) is 64.8 cm³/mol. The Hall–Kier alpha value is -1.16. The Balaban J connectivity index is 2.01. The molecule has 1 heterocycles. The summed E-state index contributed by atoms with van der Waals surface area (Å²) in [6, 6.07) is 1.97. The van der Waals surface area contributed by atoms with Crippen LogP contribution >= 0.6 is 0 Å². The van der Waals surface area contributed by atoms with Crippen molar-refractivity contribution < 1.29 is 9.53 Å². The molecule has 2 rings (SSSR count). The smallest absolute Gasteiger partial charge is 0.167 e. The highest BCUT2D eigenvalue weighted by molar-refractivity contribution is 5.85. The Morgan fingerprint density at radius 3 is 2.82 bits per heavy atom. The number of carbonyl (C=O) groups is 1. The summed E-state index contributed by atoms with van der Waals surface area (Å²) < 4.78 is 7.35. The molecular formula is C13H20N2O2. The maximum Gasteiger partial charge on any atom is 0.167 e. The number of carbonyl (C=O) groups excluding carboxylic acids is 1. The molecule has 1 unspecified atom stereocenters. The zero-order chi connectivity index (χ0) is 12.4. The molecule has 17 heavy (non-hydrogen) atoms. The second kappa shape index (κ2) is 5.00. The second-order valence-corrected chi connectivity index (χ2v) is 4.76. The molecular weight excluding hydrogens is 216 g/mol. The van der Waals surface area contributed by atoms with Crippen LogP contribution in [0.25, 0.3) is 0 Å². The fraction of sp³-hybridized carbons (Fsp3) is 0.692. The van der Waals surface area contributed by atoms with Gasteiger partial charge >= 0.3 is 0 Å². The van der Waals surface area contributed by atoms with E-state index in [1.54, 1.807) is 4.68 Å². The van der Waals surface area contributed by atoms with Gasteiger partial charge in [-0.1, -0.05) is 0 Å². The molecule has 1 aliphatic carbocycles. The van der Waals surface area contributed by atoms with Crippen molar-refractivity contribution in [3.63, 3.8) is 0 Å². The van der Waals surface area contributed by atoms with Crippen LogP contribution in [0.5, 0.6) is 0 Å². The van der Waals surface area contributed by atoms with E-state index < -0.39 is 0 Å². The van der Waals surface area contributed by atoms with Gasteiger partial charge in [0, 0.05) is 19.3 Å². The Morgan fingerprint density at radius 2 is 2.35 bits per heavy atom. The summed E-state index contributed by atoms with van der Waals surface area (Å²) in [7, 11) is 1.88. The van der Waals surface area contributed by atoms with Gasteiger partial charge in [0.1, 0.15) is 6.10 Å². The van der Waals surface area contributed by atoms with Crippen molar-refractivity contribution in [2.75, 3.05) is 6.61 Å². The van der Waals surface area contributed by atoms with Gasteiger partial charge in [0.15, 0.2) is 5.78 Å². The summed E-state index contributed by atoms with van der Waals surface area (Å²) >= 11 is 0. The molecule has 0 spiro atoms. The van der Waals surface area contributed by atoms with E-state index in [0.29, 0.717) is 18.9 Å². The summed E-state index contributed by atoms with van der Waals surface area (Å²) in [5.41, 5.74) is 1.92. The molecule has 1 aliphatic rings. The molecule has 0 saturated heterocycles. The largest absolute Gasteiger partial charge is 0.370 e. The first-order valence-corrected chi connectivity index (χ1v) is 6.25. The van der Waals surface area contributed by atoms with Crippen molar-refractivity contribution >= 4 is 5.78 Å². The highest BCUT2D eigenvalue weighted by Crippen LogP contribution is 2.35. The van der Waals surface area contributed by atoms with Crippen LogP contribution in [-0.4, -0.2) is 28.3 Å². The lowest BCUT2D eigenvalue weighted by Crippen LogP contribution is -2.28. The summed E-state index contributed by atoms with van der Waals surface area (Å²) in [6.45, 7) is 4.49. The minimum atomic E-state index is -0.199. The number of hydrogen-bond acceptors (Lipinski definition) is 3. The van der Waals surface area contributed by atoms with Crippen molar-refractivity contribution in [2.45, 2.75) is 39.2 Å². The van der Waals surface area contributed by atoms with Gasteiger partial charge in [-0.15, -0.1) is 0 Å². The first-order valence-electron chi connectivity index (χ1n) is 6.25. The van der Waals surface area contributed by atoms with Crippen LogP contribution in [-0.2, 0) is 23.0 Å². The molecule has 1 saturated carbocycles. The zero-order valence-corrected chi connectivity index (χ0v) is 10.8. The molecule has 94 valence electrons. The number of nitrogens with zero attached hydrogens (tertiary/aromatic N) is 2. The van der Waals surface area contributed by atoms with Gasteiger partial charge in [0.25, 0.3) is 0 Å². The topological polar surface area (TPSA) is 44.1 Å². The van der Waals surface area contributed by atoms with E-state index in [0.717, 1.165) is 24.2 Å². The first-order chi connectivity index (χ1) is 8.11. The van der Waals surface area contributed by atoms with Crippen molar-refractivity contribution in [2.24, 2.45) is 13.0 Å². The summed E-state index contributed by atoms with van der Waals surface area (Å²) in [5.74, 6) is 0.647. The predicted octanol–water partition coefficient (Wildman–Crippen LogP) is 1.66. The fourth-order valence-corrected chi connectivity index (χ4v) is 2.18. The van der Waals surface area contributed by atoms with E-state index in [9.17, 15) is 4.79 Å². The van der Waals surface area contributed by atoms with Crippen molar-refractivity contribution in [3.8, 4) is 0 Å². The highest BCUT2D eigenvalue weighted by Gasteiger charge is 2.36. The standard InChI is InChI=1S/C13H20N2O2/c1-4-17-13(10-5-6-10)12(16)8-11-7-9(2)14-15(11)3/h7,10,13H,4-6,8H2,1-3H3. The van der Waals surface area contributed by atoms with Crippen molar-refractivity contribution in [1.82, 2.24) is 9.78 Å². The number of Topliss-reactive ketones (excluding diaryl/α,β-unsaturated/α-hetero) is 1. The van der Waals surface area contributed by atoms with Crippen LogP contribution in [0.3, 0.4) is 0 Å². The van der Waals surface area contributed by atoms with Crippen LogP contribution < -0.4 is 0 Å². The molecule has 0 radical (unpaired) electrons. The lowest BCUT2D eigenvalue weighted by atomic mass is 10.1. The molecule has 0 amide bonds. The summed E-state index contributed by atoms with van der Waals surface area (Å²) in [5, 5.41) is 4.25. The van der Waals surface area contributed by atoms with Crippen LogP contribution in [0.2, 0.25) is 0 Å². The van der Waals surface area contributed by atoms with E-state index in [4.69, 9.17) is 4.74 Å². The SMILES string of the molecule is CCOC(C(=O)Cc1cc(C)nn1C)C1CC1. The van der Waals surface area contributed by atoms with Gasteiger partial charge in [0.05, 0.1) is 12.1 Å². The Labute approximate surface area is 102 Å². The van der Waals surface area contributed by atoms with E-state index in [2.05, 4.69) is 5.10 Å². The lowest BCUT2D eigenvalue weighted by Gasteiger charge is -2.14. The van der Waals surface area contributed by atoms with Crippen molar-refractivity contribution in [1.29, 1.82) is 0 Å². The zero-order valence-electron chi connectivity index (χ0n) is 10.8. The van der Waals surface area contributed by atoms with Gasteiger partial charge in [-0.3, -0.25) is 9.48 Å². The molecule has 0 N–H and O–H groups in total. The maximum absolute atomic E-state index is 12.2. The average molecular weight is 236 g/mol. The fourth-order valence-electron chi connectivity index (χ4n) is 2.18. The maximum atomic E-state index is 12.2. The van der Waals surface area contributed by atoms with Crippen LogP contribution in [0, 0.1) is 12.8 Å². The second-order valence-electron chi connectivity index (χ2n) is 4.76. The van der Waals surface area contributed by atoms with Crippen LogP contribution in [0.15, 0.2) is 6.07 Å². The first kappa shape index (κ1) is 12.3. The minimum absolute atomic E-state index is 0.192. The third-order valence-corrected chi connectivity index (χ3v) is 3.17. The van der Waals surface area contributed by atoms with E-state index in [1.165, 1.54) is 0 Å². The van der Waals surface area contributed by atoms with E-state index >= 15 is 0 Å². The highest BCUT2D eigenvalue weighted by atomic mass is 16.5. The van der Waals surface area contributed by atoms with Gasteiger partial charge in [-0.05, 0) is 38.7 Å². The van der Waals surface area contributed by atoms with Gasteiger partial charge in [-0.2, -0.15) is 5.10 Å². The van der Waals surface area contributed by atoms with Crippen LogP contribution in [0.1, 0.15) is 31.2 Å². The van der Waals surface area contributed by atoms with Gasteiger partial charge < -0.3 is 4.74 Å². The molecule has 0 aliphatic heterocycles. The normalized spacial score (nSPS) is 17.1. The van der Waals surface area contributed by atoms with Crippen molar-refractivity contribution in [3.05, 3.63) is 17.5 Å². The average Bonchev–Trinajstić information content (AvgIpc) is 3.03. The molecule has 0 aromatic carbocycles. The summed E-state index contributed by atoms with van der Waals surface area (Å²) in [4.78, 5) is 12.2. The third-order valence-electron chi connectivity index (χ3n) is 3.17.